The summed E-state index contributed by atoms with van der Waals surface area (Å²) >= 11 is 3.50. The smallest absolute Gasteiger partial charge is 0.234 e. The van der Waals surface area contributed by atoms with Gasteiger partial charge in [0.25, 0.3) is 0 Å². The fraction of sp³-hybridized carbons (Fsp3) is 0.154. The number of amides is 1. The molecule has 0 unspecified atom stereocenters. The molecule has 0 aliphatic carbocycles. The zero-order chi connectivity index (χ0) is 15.2. The number of halogens is 1. The highest BCUT2D eigenvalue weighted by Crippen LogP contribution is 2.18. The molecule has 0 aliphatic heterocycles. The summed E-state index contributed by atoms with van der Waals surface area (Å²) in [6.45, 7) is 4.17. The second kappa shape index (κ2) is 7.46. The first-order valence-corrected chi connectivity index (χ1v) is 8.14. The van der Waals surface area contributed by atoms with Crippen LogP contribution < -0.4 is 11.1 Å². The van der Waals surface area contributed by atoms with Gasteiger partial charge in [0.05, 0.1) is 5.75 Å². The molecule has 110 valence electrons. The number of anilines is 2. The minimum absolute atomic E-state index is 0.104. The van der Waals surface area contributed by atoms with Gasteiger partial charge in [-0.1, -0.05) is 17.8 Å². The van der Waals surface area contributed by atoms with E-state index in [9.17, 15) is 4.79 Å². The van der Waals surface area contributed by atoms with Crippen LogP contribution in [0.15, 0.2) is 42.1 Å². The Labute approximate surface area is 140 Å². The van der Waals surface area contributed by atoms with Crippen molar-refractivity contribution in [3.05, 3.63) is 40.5 Å². The Morgan fingerprint density at radius 3 is 2.81 bits per heavy atom. The van der Waals surface area contributed by atoms with Gasteiger partial charge in [0.15, 0.2) is 5.16 Å². The van der Waals surface area contributed by atoms with Crippen molar-refractivity contribution in [2.24, 2.45) is 0 Å². The lowest BCUT2D eigenvalue weighted by Crippen LogP contribution is -2.14. The Morgan fingerprint density at radius 2 is 2.14 bits per heavy atom. The van der Waals surface area contributed by atoms with Crippen LogP contribution in [-0.4, -0.2) is 26.4 Å². The van der Waals surface area contributed by atoms with Crippen molar-refractivity contribution >= 4 is 51.9 Å². The second-order valence-electron chi connectivity index (χ2n) is 4.08. The van der Waals surface area contributed by atoms with Crippen LogP contribution in [0.2, 0.25) is 0 Å². The van der Waals surface area contributed by atoms with E-state index in [4.69, 9.17) is 5.73 Å². The maximum atomic E-state index is 11.9. The standard InChI is InChI=1S/C13H14IN5OS/c1-2-7-19-12(15)17-18-13(19)21-8-11(20)16-10-5-3-9(14)4-6-10/h2-6H,1,7-8H2,(H2,15,17)(H,16,20). The minimum Gasteiger partial charge on any atom is -0.368 e. The summed E-state index contributed by atoms with van der Waals surface area (Å²) < 4.78 is 2.82. The highest BCUT2D eigenvalue weighted by Gasteiger charge is 2.11. The average molecular weight is 415 g/mol. The average Bonchev–Trinajstić information content (AvgIpc) is 2.81. The number of nitrogen functional groups attached to an aromatic ring is 1. The molecule has 1 amide bonds. The summed E-state index contributed by atoms with van der Waals surface area (Å²) in [5.41, 5.74) is 6.47. The molecular formula is C13H14IN5OS. The number of thioether (sulfide) groups is 1. The van der Waals surface area contributed by atoms with E-state index in [2.05, 4.69) is 44.7 Å². The molecule has 8 heteroatoms. The number of carbonyl (C=O) groups excluding carboxylic acids is 1. The molecule has 0 radical (unpaired) electrons. The monoisotopic (exact) mass is 415 g/mol. The highest BCUT2D eigenvalue weighted by atomic mass is 127. The molecule has 0 saturated heterocycles. The Balaban J connectivity index is 1.92. The number of benzene rings is 1. The number of nitrogens with zero attached hydrogens (tertiary/aromatic N) is 3. The van der Waals surface area contributed by atoms with Gasteiger partial charge in [-0.3, -0.25) is 9.36 Å². The Morgan fingerprint density at radius 1 is 1.43 bits per heavy atom. The number of carbonyl (C=O) groups is 1. The van der Waals surface area contributed by atoms with Crippen LogP contribution >= 0.6 is 34.4 Å². The number of rotatable bonds is 6. The molecule has 3 N–H and O–H groups in total. The van der Waals surface area contributed by atoms with Crippen LogP contribution in [-0.2, 0) is 11.3 Å². The molecule has 0 atom stereocenters. The lowest BCUT2D eigenvalue weighted by molar-refractivity contribution is -0.113. The third-order valence-electron chi connectivity index (χ3n) is 2.52. The number of nitrogens with one attached hydrogen (secondary N) is 1. The van der Waals surface area contributed by atoms with Gasteiger partial charge in [0.1, 0.15) is 0 Å². The number of nitrogens with two attached hydrogens (primary N) is 1. The Bertz CT molecular complexity index is 641. The second-order valence-corrected chi connectivity index (χ2v) is 6.27. The van der Waals surface area contributed by atoms with Crippen molar-refractivity contribution in [1.29, 1.82) is 0 Å². The molecular weight excluding hydrogens is 401 g/mol. The predicted octanol–water partition coefficient (Wildman–Crippen LogP) is 2.38. The quantitative estimate of drug-likeness (QED) is 0.430. The van der Waals surface area contributed by atoms with E-state index < -0.39 is 0 Å². The van der Waals surface area contributed by atoms with E-state index in [1.165, 1.54) is 11.8 Å². The molecule has 1 aromatic heterocycles. The van der Waals surface area contributed by atoms with Gasteiger partial charge in [-0.05, 0) is 46.9 Å². The van der Waals surface area contributed by atoms with Crippen LogP contribution in [0.25, 0.3) is 0 Å². The van der Waals surface area contributed by atoms with Gasteiger partial charge < -0.3 is 11.1 Å². The van der Waals surface area contributed by atoms with Gasteiger partial charge in [0.2, 0.25) is 11.9 Å². The van der Waals surface area contributed by atoms with E-state index in [0.29, 0.717) is 17.6 Å². The van der Waals surface area contributed by atoms with Gasteiger partial charge >= 0.3 is 0 Å². The molecule has 0 saturated carbocycles. The fourth-order valence-corrected chi connectivity index (χ4v) is 2.68. The van der Waals surface area contributed by atoms with Crippen LogP contribution in [0.5, 0.6) is 0 Å². The largest absolute Gasteiger partial charge is 0.368 e. The maximum absolute atomic E-state index is 11.9. The molecule has 2 rings (SSSR count). The fourth-order valence-electron chi connectivity index (χ4n) is 1.57. The first kappa shape index (κ1) is 15.8. The first-order valence-electron chi connectivity index (χ1n) is 6.08. The highest BCUT2D eigenvalue weighted by molar-refractivity contribution is 14.1. The van der Waals surface area contributed by atoms with E-state index in [1.54, 1.807) is 10.6 Å². The van der Waals surface area contributed by atoms with Crippen LogP contribution in [0, 0.1) is 3.57 Å². The summed E-state index contributed by atoms with van der Waals surface area (Å²) in [4.78, 5) is 11.9. The van der Waals surface area contributed by atoms with E-state index in [1.807, 2.05) is 24.3 Å². The van der Waals surface area contributed by atoms with Crippen molar-refractivity contribution < 1.29 is 4.79 Å². The molecule has 6 nitrogen and oxygen atoms in total. The summed E-state index contributed by atoms with van der Waals surface area (Å²) in [7, 11) is 0. The SMILES string of the molecule is C=CCn1c(N)nnc1SCC(=O)Nc1ccc(I)cc1. The van der Waals surface area contributed by atoms with Crippen molar-refractivity contribution in [1.82, 2.24) is 14.8 Å². The van der Waals surface area contributed by atoms with Crippen LogP contribution in [0.1, 0.15) is 0 Å². The predicted molar refractivity (Wildman–Crippen MR) is 93.1 cm³/mol. The molecule has 0 fully saturated rings. The number of aromatic nitrogens is 3. The van der Waals surface area contributed by atoms with Crippen molar-refractivity contribution in [2.75, 3.05) is 16.8 Å². The summed E-state index contributed by atoms with van der Waals surface area (Å²) in [6, 6.07) is 7.60. The van der Waals surface area contributed by atoms with E-state index in [-0.39, 0.29) is 11.7 Å². The lowest BCUT2D eigenvalue weighted by Gasteiger charge is -2.06. The van der Waals surface area contributed by atoms with Crippen LogP contribution in [0.4, 0.5) is 11.6 Å². The van der Waals surface area contributed by atoms with Crippen molar-refractivity contribution in [2.45, 2.75) is 11.7 Å². The molecule has 1 aromatic carbocycles. The molecule has 0 bridgehead atoms. The molecule has 21 heavy (non-hydrogen) atoms. The van der Waals surface area contributed by atoms with Gasteiger partial charge in [0, 0.05) is 15.8 Å². The molecule has 1 heterocycles. The van der Waals surface area contributed by atoms with E-state index in [0.717, 1.165) is 9.26 Å². The molecule has 0 spiro atoms. The summed E-state index contributed by atoms with van der Waals surface area (Å²) in [5.74, 6) is 0.449. The van der Waals surface area contributed by atoms with E-state index >= 15 is 0 Å². The van der Waals surface area contributed by atoms with Crippen molar-refractivity contribution in [3.8, 4) is 0 Å². The third-order valence-corrected chi connectivity index (χ3v) is 4.20. The van der Waals surface area contributed by atoms with Gasteiger partial charge in [-0.25, -0.2) is 0 Å². The normalized spacial score (nSPS) is 10.3. The first-order chi connectivity index (χ1) is 10.1. The number of allylic oxidation sites excluding steroid dienone is 1. The Kier molecular flexibility index (Phi) is 5.62. The Hall–Kier alpha value is -1.55. The third kappa shape index (κ3) is 4.46. The summed E-state index contributed by atoms with van der Waals surface area (Å²) in [5, 5.41) is 11.2. The molecule has 0 aliphatic rings. The summed E-state index contributed by atoms with van der Waals surface area (Å²) in [6.07, 6.45) is 1.70. The van der Waals surface area contributed by atoms with Crippen LogP contribution in [0.3, 0.4) is 0 Å². The zero-order valence-electron chi connectivity index (χ0n) is 11.1. The number of hydrogen-bond donors (Lipinski definition) is 2. The topological polar surface area (TPSA) is 85.8 Å². The molecule has 2 aromatic rings. The van der Waals surface area contributed by atoms with Crippen molar-refractivity contribution in [3.63, 3.8) is 0 Å². The van der Waals surface area contributed by atoms with Gasteiger partial charge in [-0.2, -0.15) is 0 Å². The zero-order valence-corrected chi connectivity index (χ0v) is 14.1. The minimum atomic E-state index is -0.104. The van der Waals surface area contributed by atoms with Gasteiger partial charge in [-0.15, -0.1) is 16.8 Å². The maximum Gasteiger partial charge on any atom is 0.234 e. The number of hydrogen-bond acceptors (Lipinski definition) is 5. The lowest BCUT2D eigenvalue weighted by atomic mass is 10.3.